The van der Waals surface area contributed by atoms with Crippen LogP contribution in [0.1, 0.15) is 37.7 Å². The fourth-order valence-corrected chi connectivity index (χ4v) is 3.89. The van der Waals surface area contributed by atoms with E-state index in [9.17, 15) is 15.0 Å². The van der Waals surface area contributed by atoms with Gasteiger partial charge in [0.15, 0.2) is 14.5 Å². The fraction of sp³-hybridized carbons (Fsp3) is 0.571. The number of ether oxygens (including phenoxy) is 1. The summed E-state index contributed by atoms with van der Waals surface area (Å²) in [6.07, 6.45) is 1.11. The van der Waals surface area contributed by atoms with Gasteiger partial charge in [0.1, 0.15) is 6.10 Å². The third kappa shape index (κ3) is 7.62. The summed E-state index contributed by atoms with van der Waals surface area (Å²) in [5, 5.41) is 25.3. The number of hydrogen-bond donors (Lipinski definition) is 6. The summed E-state index contributed by atoms with van der Waals surface area (Å²) in [6.45, 7) is 0.429. The van der Waals surface area contributed by atoms with Gasteiger partial charge in [0.25, 0.3) is 0 Å². The average molecular weight is 474 g/mol. The molecule has 2 rings (SSSR count). The van der Waals surface area contributed by atoms with Gasteiger partial charge in [-0.2, -0.15) is 8.78 Å². The summed E-state index contributed by atoms with van der Waals surface area (Å²) in [7, 11) is -2.21. The number of aliphatic hydroxyl groups excluding tert-OH is 2. The van der Waals surface area contributed by atoms with Gasteiger partial charge in [0, 0.05) is 36.8 Å². The molecule has 4 atom stereocenters. The highest BCUT2D eigenvalue weighted by molar-refractivity contribution is 7.45. The smallest absolute Gasteiger partial charge is 0.319 e. The Hall–Kier alpha value is -1.86. The number of amides is 2. The molecule has 1 fully saturated rings. The van der Waals surface area contributed by atoms with Gasteiger partial charge >= 0.3 is 12.0 Å². The van der Waals surface area contributed by atoms with Crippen molar-refractivity contribution in [1.29, 1.82) is 0 Å². The second-order valence-corrected chi connectivity index (χ2v) is 8.79. The highest BCUT2D eigenvalue weighted by Crippen LogP contribution is 2.40. The third-order valence-electron chi connectivity index (χ3n) is 5.12. The summed E-state index contributed by atoms with van der Waals surface area (Å²) >= 11 is 0. The molecule has 1 heterocycles. The molecular formula is C21H29F2N2O6P. The zero-order chi connectivity index (χ0) is 23.7. The van der Waals surface area contributed by atoms with Crippen LogP contribution in [0.2, 0.25) is 0 Å². The van der Waals surface area contributed by atoms with E-state index in [-0.39, 0.29) is 19.0 Å². The van der Waals surface area contributed by atoms with Crippen LogP contribution < -0.4 is 10.6 Å². The minimum Gasteiger partial charge on any atom is -0.390 e. The lowest BCUT2D eigenvalue weighted by molar-refractivity contribution is -0.249. The highest BCUT2D eigenvalue weighted by Gasteiger charge is 2.52. The molecule has 1 aromatic rings. The number of aliphatic hydroxyl groups is 2. The summed E-state index contributed by atoms with van der Waals surface area (Å²) in [6, 6.07) is 4.34. The van der Waals surface area contributed by atoms with Crippen molar-refractivity contribution in [1.82, 2.24) is 5.32 Å². The summed E-state index contributed by atoms with van der Waals surface area (Å²) < 4.78 is 35.5. The molecule has 0 aliphatic carbocycles. The number of anilines is 1. The van der Waals surface area contributed by atoms with Crippen LogP contribution in [0.15, 0.2) is 24.3 Å². The van der Waals surface area contributed by atoms with Gasteiger partial charge in [-0.15, -0.1) is 12.3 Å². The third-order valence-corrected chi connectivity index (χ3v) is 5.78. The minimum atomic E-state index is -3.64. The first-order valence-electron chi connectivity index (χ1n) is 10.3. The number of hydrogen-bond acceptors (Lipinski definition) is 6. The van der Waals surface area contributed by atoms with E-state index in [0.717, 1.165) is 25.0 Å². The molecule has 32 heavy (non-hydrogen) atoms. The number of alkyl halides is 2. The quantitative estimate of drug-likeness (QED) is 0.175. The van der Waals surface area contributed by atoms with E-state index in [1.54, 1.807) is 0 Å². The summed E-state index contributed by atoms with van der Waals surface area (Å²) in [5.41, 5.74) is -0.158. The molecule has 0 spiro atoms. The Bertz CT molecular complexity index is 775. The molecule has 1 aromatic carbocycles. The molecule has 8 nitrogen and oxygen atoms in total. The van der Waals surface area contributed by atoms with Crippen molar-refractivity contribution in [3.63, 3.8) is 0 Å². The number of urea groups is 1. The van der Waals surface area contributed by atoms with Crippen LogP contribution in [0.25, 0.3) is 0 Å². The number of rotatable bonds is 10. The van der Waals surface area contributed by atoms with Gasteiger partial charge in [-0.05, 0) is 31.4 Å². The maximum atomic E-state index is 15.1. The van der Waals surface area contributed by atoms with Crippen LogP contribution >= 0.6 is 8.38 Å². The molecule has 4 unspecified atom stereocenters. The highest BCUT2D eigenvalue weighted by atomic mass is 31.2. The molecule has 2 amide bonds. The van der Waals surface area contributed by atoms with Gasteiger partial charge in [-0.25, -0.2) is 4.79 Å². The standard InChI is InChI=1S/C21H29F2N2O6P/c1-2-3-4-5-11-24-20(28)25-15-8-6-14(7-9-15)21(22,23)19-18(27)17(26)13-16(31-19)10-12-32(29)30/h1,6-9,16-19,26-27,29-30H,3-5,10-13H2,(H2,24,25,28). The summed E-state index contributed by atoms with van der Waals surface area (Å²) in [5.74, 6) is -1.13. The maximum Gasteiger partial charge on any atom is 0.319 e. The average Bonchev–Trinajstić information content (AvgIpc) is 2.74. The molecular weight excluding hydrogens is 445 g/mol. The van der Waals surface area contributed by atoms with Gasteiger partial charge in [0.2, 0.25) is 0 Å². The predicted molar refractivity (Wildman–Crippen MR) is 116 cm³/mol. The zero-order valence-electron chi connectivity index (χ0n) is 17.5. The Morgan fingerprint density at radius 1 is 1.25 bits per heavy atom. The molecule has 0 radical (unpaired) electrons. The topological polar surface area (TPSA) is 131 Å². The molecule has 11 heteroatoms. The van der Waals surface area contributed by atoms with E-state index >= 15 is 8.78 Å². The second-order valence-electron chi connectivity index (χ2n) is 7.60. The van der Waals surface area contributed by atoms with Crippen molar-refractivity contribution in [3.8, 4) is 12.3 Å². The van der Waals surface area contributed by atoms with E-state index in [1.807, 2.05) is 0 Å². The van der Waals surface area contributed by atoms with Crippen molar-refractivity contribution >= 4 is 20.1 Å². The van der Waals surface area contributed by atoms with Crippen molar-refractivity contribution in [3.05, 3.63) is 29.8 Å². The largest absolute Gasteiger partial charge is 0.390 e. The minimum absolute atomic E-state index is 0.0482. The fourth-order valence-electron chi connectivity index (χ4n) is 3.37. The Morgan fingerprint density at radius 3 is 2.56 bits per heavy atom. The lowest BCUT2D eigenvalue weighted by atomic mass is 9.90. The first-order chi connectivity index (χ1) is 15.1. The number of carbonyl (C=O) groups is 1. The SMILES string of the molecule is C#CCCCCNC(=O)Nc1ccc(C(F)(F)C2OC(CCP(O)O)CC(O)C2O)cc1. The molecule has 0 saturated carbocycles. The van der Waals surface area contributed by atoms with Crippen molar-refractivity contribution in [2.75, 3.05) is 18.0 Å². The molecule has 1 aliphatic heterocycles. The van der Waals surface area contributed by atoms with Crippen molar-refractivity contribution in [2.24, 2.45) is 0 Å². The number of nitrogens with one attached hydrogen (secondary N) is 2. The Balaban J connectivity index is 1.98. The Morgan fingerprint density at radius 2 is 1.94 bits per heavy atom. The van der Waals surface area contributed by atoms with Gasteiger partial charge in [-0.3, -0.25) is 0 Å². The van der Waals surface area contributed by atoms with Gasteiger partial charge < -0.3 is 35.4 Å². The van der Waals surface area contributed by atoms with Crippen molar-refractivity contribution < 1.29 is 38.3 Å². The first kappa shape index (κ1) is 26.4. The normalized spacial score (nSPS) is 23.6. The van der Waals surface area contributed by atoms with Crippen molar-refractivity contribution in [2.45, 2.75) is 62.4 Å². The predicted octanol–water partition coefficient (Wildman–Crippen LogP) is 2.27. The van der Waals surface area contributed by atoms with Crippen LogP contribution in [0.5, 0.6) is 0 Å². The van der Waals surface area contributed by atoms with Gasteiger partial charge in [0.05, 0.1) is 12.2 Å². The maximum absolute atomic E-state index is 15.1. The summed E-state index contributed by atoms with van der Waals surface area (Å²) in [4.78, 5) is 30.0. The number of benzene rings is 1. The van der Waals surface area contributed by atoms with E-state index in [4.69, 9.17) is 20.9 Å². The van der Waals surface area contributed by atoms with E-state index in [0.29, 0.717) is 18.7 Å². The number of halogens is 2. The molecule has 0 bridgehead atoms. The number of terminal acetylenes is 1. The van der Waals surface area contributed by atoms with E-state index in [2.05, 4.69) is 16.6 Å². The molecule has 6 N–H and O–H groups in total. The Kier molecular flexibility index (Phi) is 10.2. The Labute approximate surface area is 186 Å². The van der Waals surface area contributed by atoms with Crippen LogP contribution in [-0.2, 0) is 10.7 Å². The van der Waals surface area contributed by atoms with Gasteiger partial charge in [-0.1, -0.05) is 12.1 Å². The van der Waals surface area contributed by atoms with Crippen LogP contribution in [0.3, 0.4) is 0 Å². The van der Waals surface area contributed by atoms with E-state index in [1.165, 1.54) is 12.1 Å². The molecule has 1 aliphatic rings. The molecule has 178 valence electrons. The van der Waals surface area contributed by atoms with Crippen LogP contribution in [0, 0.1) is 12.3 Å². The monoisotopic (exact) mass is 474 g/mol. The molecule has 1 saturated heterocycles. The number of unbranched alkanes of at least 4 members (excludes halogenated alkanes) is 2. The lowest BCUT2D eigenvalue weighted by Gasteiger charge is -2.40. The first-order valence-corrected chi connectivity index (χ1v) is 11.7. The van der Waals surface area contributed by atoms with E-state index < -0.39 is 50.3 Å². The molecule has 0 aromatic heterocycles. The lowest BCUT2D eigenvalue weighted by Crippen LogP contribution is -2.55. The second kappa shape index (κ2) is 12.4. The number of carbonyl (C=O) groups excluding carboxylic acids is 1. The van der Waals surface area contributed by atoms with Crippen LogP contribution in [0.4, 0.5) is 19.3 Å². The van der Waals surface area contributed by atoms with Crippen LogP contribution in [-0.4, -0.2) is 63.2 Å². The zero-order valence-corrected chi connectivity index (χ0v) is 18.3.